The Balaban J connectivity index is 2.47. The number of nitriles is 1. The van der Waals surface area contributed by atoms with Crippen LogP contribution in [0.25, 0.3) is 12.2 Å². The van der Waals surface area contributed by atoms with Crippen LogP contribution < -0.4 is 19.7 Å². The lowest BCUT2D eigenvalue weighted by molar-refractivity contribution is -0.124. The molecule has 2 aromatic carbocycles. The predicted octanol–water partition coefficient (Wildman–Crippen LogP) is 3.16. The Morgan fingerprint density at radius 3 is 2.26 bits per heavy atom. The molecule has 2 aromatic rings. The van der Waals surface area contributed by atoms with Crippen LogP contribution in [0.4, 0.5) is 4.39 Å². The number of hydrogen-bond acceptors (Lipinski definition) is 7. The van der Waals surface area contributed by atoms with E-state index in [0.29, 0.717) is 11.3 Å². The zero-order valence-electron chi connectivity index (χ0n) is 16.9. The monoisotopic (exact) mass is 426 g/mol. The van der Waals surface area contributed by atoms with Gasteiger partial charge in [-0.2, -0.15) is 5.26 Å². The molecule has 0 spiro atoms. The normalized spacial score (nSPS) is 11.0. The first-order chi connectivity index (χ1) is 14.9. The van der Waals surface area contributed by atoms with E-state index in [1.165, 1.54) is 57.2 Å². The quantitative estimate of drug-likeness (QED) is 0.219. The summed E-state index contributed by atoms with van der Waals surface area (Å²) in [5.41, 5.74) is 1.68. The minimum atomic E-state index is -0.837. The molecule has 0 saturated heterocycles. The van der Waals surface area contributed by atoms with Crippen LogP contribution in [0.3, 0.4) is 0 Å². The maximum Gasteiger partial charge on any atom is 0.267 e. The lowest BCUT2D eigenvalue weighted by Crippen LogP contribution is -2.14. The summed E-state index contributed by atoms with van der Waals surface area (Å²) in [6.45, 7) is 0. The van der Waals surface area contributed by atoms with E-state index in [0.717, 1.165) is 18.2 Å². The number of methoxy groups -OCH3 is 3. The third-order valence-electron chi connectivity index (χ3n) is 4.15. The average molecular weight is 426 g/mol. The van der Waals surface area contributed by atoms with Crippen molar-refractivity contribution < 1.29 is 33.4 Å². The number of Topliss-reactive ketones (excluding diaryl/α,β-unsaturated/α-hetero) is 1. The molecule has 0 saturated carbocycles. The Bertz CT molecular complexity index is 1080. The maximum absolute atomic E-state index is 14.0. The molecule has 0 bridgehead atoms. The minimum absolute atomic E-state index is 0.0230. The van der Waals surface area contributed by atoms with Crippen LogP contribution in [0, 0.1) is 17.1 Å². The van der Waals surface area contributed by atoms with Crippen LogP contribution >= 0.6 is 0 Å². The van der Waals surface area contributed by atoms with E-state index < -0.39 is 17.5 Å². The van der Waals surface area contributed by atoms with Crippen molar-refractivity contribution in [2.24, 2.45) is 0 Å². The fourth-order valence-corrected chi connectivity index (χ4v) is 2.67. The summed E-state index contributed by atoms with van der Waals surface area (Å²) in [5, 5.41) is 18.0. The number of hydroxylamine groups is 1. The zero-order chi connectivity index (χ0) is 23.0. The van der Waals surface area contributed by atoms with Crippen molar-refractivity contribution >= 4 is 23.8 Å². The molecule has 2 rings (SSSR count). The molecule has 0 fully saturated rings. The average Bonchev–Trinajstić information content (AvgIpc) is 2.80. The van der Waals surface area contributed by atoms with Crippen molar-refractivity contribution in [2.75, 3.05) is 21.3 Å². The Morgan fingerprint density at radius 2 is 1.74 bits per heavy atom. The molecule has 0 atom stereocenters. The van der Waals surface area contributed by atoms with Crippen LogP contribution in [0.2, 0.25) is 0 Å². The van der Waals surface area contributed by atoms with Gasteiger partial charge in [0.05, 0.1) is 21.3 Å². The number of carbonyl (C=O) groups excluding carboxylic acids is 2. The van der Waals surface area contributed by atoms with Crippen LogP contribution in [0.1, 0.15) is 21.5 Å². The van der Waals surface area contributed by atoms with Gasteiger partial charge in [-0.25, -0.2) is 9.87 Å². The number of nitrogens with one attached hydrogen (secondary N) is 1. The molecule has 9 heteroatoms. The lowest BCUT2D eigenvalue weighted by Gasteiger charge is -2.13. The van der Waals surface area contributed by atoms with Crippen molar-refractivity contribution in [3.63, 3.8) is 0 Å². The van der Waals surface area contributed by atoms with Gasteiger partial charge in [-0.15, -0.1) is 0 Å². The molecule has 160 valence electrons. The SMILES string of the molecule is COc1cc(C(=O)C(C#N)=Cc2ccc(F)c(/C=C/C(=O)NO)c2)cc(OC)c1OC. The Labute approximate surface area is 177 Å². The first-order valence-corrected chi connectivity index (χ1v) is 8.76. The smallest absolute Gasteiger partial charge is 0.267 e. The maximum atomic E-state index is 14.0. The van der Waals surface area contributed by atoms with E-state index in [4.69, 9.17) is 19.4 Å². The van der Waals surface area contributed by atoms with E-state index in [1.807, 2.05) is 6.07 Å². The summed E-state index contributed by atoms with van der Waals surface area (Å²) in [4.78, 5) is 24.0. The summed E-state index contributed by atoms with van der Waals surface area (Å²) >= 11 is 0. The van der Waals surface area contributed by atoms with Crippen LogP contribution in [0.15, 0.2) is 42.0 Å². The van der Waals surface area contributed by atoms with Gasteiger partial charge in [-0.05, 0) is 42.0 Å². The van der Waals surface area contributed by atoms with Gasteiger partial charge in [0.2, 0.25) is 11.5 Å². The highest BCUT2D eigenvalue weighted by molar-refractivity contribution is 6.14. The molecule has 0 heterocycles. The second kappa shape index (κ2) is 10.6. The summed E-state index contributed by atoms with van der Waals surface area (Å²) < 4.78 is 29.6. The third kappa shape index (κ3) is 5.46. The highest BCUT2D eigenvalue weighted by Crippen LogP contribution is 2.38. The van der Waals surface area contributed by atoms with Crippen LogP contribution in [-0.2, 0) is 4.79 Å². The Hall–Kier alpha value is -4.16. The Morgan fingerprint density at radius 1 is 1.10 bits per heavy atom. The van der Waals surface area contributed by atoms with E-state index in [1.54, 1.807) is 0 Å². The van der Waals surface area contributed by atoms with Gasteiger partial charge in [0.1, 0.15) is 17.5 Å². The molecule has 0 aliphatic carbocycles. The van der Waals surface area contributed by atoms with E-state index in [2.05, 4.69) is 0 Å². The molecule has 0 unspecified atom stereocenters. The standard InChI is InChI=1S/C22H19FN2O6/c1-29-18-10-15(11-19(30-2)22(18)31-3)21(27)16(12-24)9-13-4-6-17(23)14(8-13)5-7-20(26)25-28/h4-11,28H,1-3H3,(H,25,26)/b7-5+,16-9?. The van der Waals surface area contributed by atoms with Crippen LogP contribution in [0.5, 0.6) is 17.2 Å². The number of benzene rings is 2. The predicted molar refractivity (Wildman–Crippen MR) is 109 cm³/mol. The summed E-state index contributed by atoms with van der Waals surface area (Å²) in [7, 11) is 4.22. The van der Waals surface area contributed by atoms with Crippen molar-refractivity contribution in [1.82, 2.24) is 5.48 Å². The second-order valence-corrected chi connectivity index (χ2v) is 6.00. The van der Waals surface area contributed by atoms with Crippen molar-refractivity contribution in [2.45, 2.75) is 0 Å². The van der Waals surface area contributed by atoms with Crippen molar-refractivity contribution in [3.8, 4) is 23.3 Å². The molecule has 0 radical (unpaired) electrons. The van der Waals surface area contributed by atoms with E-state index in [-0.39, 0.29) is 28.2 Å². The number of ether oxygens (including phenoxy) is 3. The van der Waals surface area contributed by atoms with Gasteiger partial charge in [0.25, 0.3) is 5.91 Å². The number of rotatable bonds is 8. The molecule has 8 nitrogen and oxygen atoms in total. The highest BCUT2D eigenvalue weighted by Gasteiger charge is 2.19. The number of ketones is 1. The number of allylic oxidation sites excluding steroid dienone is 1. The number of halogens is 1. The molecule has 2 N–H and O–H groups in total. The van der Waals surface area contributed by atoms with Crippen molar-refractivity contribution in [3.05, 3.63) is 64.5 Å². The fraction of sp³-hybridized carbons (Fsp3) is 0.136. The fourth-order valence-electron chi connectivity index (χ4n) is 2.67. The molecular weight excluding hydrogens is 407 g/mol. The van der Waals surface area contributed by atoms with Crippen LogP contribution in [-0.4, -0.2) is 38.2 Å². The number of hydrogen-bond donors (Lipinski definition) is 2. The Kier molecular flexibility index (Phi) is 7.88. The molecule has 0 aromatic heterocycles. The lowest BCUT2D eigenvalue weighted by atomic mass is 10.00. The van der Waals surface area contributed by atoms with Crippen molar-refractivity contribution in [1.29, 1.82) is 5.26 Å². The minimum Gasteiger partial charge on any atom is -0.493 e. The molecule has 0 aliphatic rings. The zero-order valence-corrected chi connectivity index (χ0v) is 16.9. The first-order valence-electron chi connectivity index (χ1n) is 8.76. The van der Waals surface area contributed by atoms with Gasteiger partial charge >= 0.3 is 0 Å². The topological polar surface area (TPSA) is 118 Å². The van der Waals surface area contributed by atoms with E-state index in [9.17, 15) is 19.2 Å². The van der Waals surface area contributed by atoms with E-state index >= 15 is 0 Å². The summed E-state index contributed by atoms with van der Waals surface area (Å²) in [5.74, 6) is -1.28. The van der Waals surface area contributed by atoms with Gasteiger partial charge in [0.15, 0.2) is 11.5 Å². The van der Waals surface area contributed by atoms with Gasteiger partial charge in [-0.1, -0.05) is 6.07 Å². The first kappa shape index (κ1) is 23.1. The summed E-state index contributed by atoms with van der Waals surface area (Å²) in [6.07, 6.45) is 3.36. The number of carbonyl (C=O) groups is 2. The molecule has 31 heavy (non-hydrogen) atoms. The van der Waals surface area contributed by atoms with Gasteiger partial charge < -0.3 is 14.2 Å². The second-order valence-electron chi connectivity index (χ2n) is 6.00. The largest absolute Gasteiger partial charge is 0.493 e. The number of nitrogens with zero attached hydrogens (tertiary/aromatic N) is 1. The van der Waals surface area contributed by atoms with Gasteiger partial charge in [-0.3, -0.25) is 14.8 Å². The number of amides is 1. The third-order valence-corrected chi connectivity index (χ3v) is 4.15. The molecule has 1 amide bonds. The summed E-state index contributed by atoms with van der Waals surface area (Å²) in [6, 6.07) is 8.51. The van der Waals surface area contributed by atoms with Gasteiger partial charge in [0, 0.05) is 17.2 Å². The highest BCUT2D eigenvalue weighted by atomic mass is 19.1. The molecular formula is C22H19FN2O6. The molecule has 0 aliphatic heterocycles.